The number of benzene rings is 2. The van der Waals surface area contributed by atoms with Gasteiger partial charge in [0.2, 0.25) is 0 Å². The second kappa shape index (κ2) is 8.59. The van der Waals surface area contributed by atoms with E-state index in [4.69, 9.17) is 4.74 Å². The number of esters is 1. The van der Waals surface area contributed by atoms with Gasteiger partial charge in [-0.2, -0.15) is 5.10 Å². The normalized spacial score (nSPS) is 11.3. The van der Waals surface area contributed by atoms with Crippen LogP contribution in [0.2, 0.25) is 0 Å². The zero-order valence-corrected chi connectivity index (χ0v) is 15.4. The Hall–Kier alpha value is -3.00. The van der Waals surface area contributed by atoms with Gasteiger partial charge in [-0.25, -0.2) is 22.9 Å². The van der Waals surface area contributed by atoms with Crippen molar-refractivity contribution in [3.05, 3.63) is 78.4 Å². The summed E-state index contributed by atoms with van der Waals surface area (Å²) >= 11 is 0. The lowest BCUT2D eigenvalue weighted by atomic mass is 10.1. The van der Waals surface area contributed by atoms with Crippen LogP contribution in [-0.4, -0.2) is 41.5 Å². The van der Waals surface area contributed by atoms with Crippen molar-refractivity contribution in [1.29, 1.82) is 0 Å². The highest BCUT2D eigenvalue weighted by molar-refractivity contribution is 7.91. The molecule has 1 aromatic heterocycles. The maximum atomic E-state index is 12.2. The van der Waals surface area contributed by atoms with Crippen molar-refractivity contribution in [1.82, 2.24) is 14.8 Å². The molecule has 0 saturated carbocycles. The lowest BCUT2D eigenvalue weighted by Crippen LogP contribution is -2.12. The van der Waals surface area contributed by atoms with E-state index in [2.05, 4.69) is 10.1 Å². The number of rotatable bonds is 8. The smallest absolute Gasteiger partial charge is 0.338 e. The Morgan fingerprint density at radius 1 is 1.04 bits per heavy atom. The average molecular weight is 385 g/mol. The molecule has 0 amide bonds. The van der Waals surface area contributed by atoms with Crippen LogP contribution in [-0.2, 0) is 21.1 Å². The molecule has 7 nitrogen and oxygen atoms in total. The summed E-state index contributed by atoms with van der Waals surface area (Å²) in [5.41, 5.74) is 1.40. The van der Waals surface area contributed by atoms with Crippen LogP contribution in [0.15, 0.2) is 72.1 Å². The Bertz CT molecular complexity index is 970. The molecule has 0 fully saturated rings. The van der Waals surface area contributed by atoms with Crippen molar-refractivity contribution in [3.63, 3.8) is 0 Å². The van der Waals surface area contributed by atoms with Gasteiger partial charge in [-0.15, -0.1) is 0 Å². The van der Waals surface area contributed by atoms with Gasteiger partial charge >= 0.3 is 5.97 Å². The van der Waals surface area contributed by atoms with Crippen LogP contribution < -0.4 is 0 Å². The molecule has 3 rings (SSSR count). The Kier molecular flexibility index (Phi) is 5.97. The molecule has 0 spiro atoms. The maximum absolute atomic E-state index is 12.2. The van der Waals surface area contributed by atoms with E-state index in [9.17, 15) is 13.2 Å². The first-order chi connectivity index (χ1) is 13.0. The summed E-state index contributed by atoms with van der Waals surface area (Å²) in [6.45, 7) is 0.609. The second-order valence-corrected chi connectivity index (χ2v) is 8.02. The van der Waals surface area contributed by atoms with E-state index >= 15 is 0 Å². The standard InChI is InChI=1S/C19H19N3O4S/c23-19(17-9-7-16(8-10-17)13-22-15-20-14-21-22)26-11-4-12-27(24,25)18-5-2-1-3-6-18/h1-3,5-10,14-15H,4,11-13H2. The molecule has 0 atom stereocenters. The number of carbonyl (C=O) groups is 1. The Labute approximate surface area is 157 Å². The molecule has 0 saturated heterocycles. The predicted octanol–water partition coefficient (Wildman–Crippen LogP) is 2.35. The third kappa shape index (κ3) is 5.24. The minimum Gasteiger partial charge on any atom is -0.462 e. The lowest BCUT2D eigenvalue weighted by Gasteiger charge is -2.07. The van der Waals surface area contributed by atoms with Gasteiger partial charge in [-0.1, -0.05) is 30.3 Å². The first kappa shape index (κ1) is 18.8. The highest BCUT2D eigenvalue weighted by atomic mass is 32.2. The lowest BCUT2D eigenvalue weighted by molar-refractivity contribution is 0.0505. The van der Waals surface area contributed by atoms with Gasteiger partial charge in [0.15, 0.2) is 9.84 Å². The molecule has 0 aliphatic carbocycles. The fourth-order valence-corrected chi connectivity index (χ4v) is 3.80. The van der Waals surface area contributed by atoms with Gasteiger partial charge < -0.3 is 4.74 Å². The van der Waals surface area contributed by atoms with E-state index in [1.54, 1.807) is 53.5 Å². The van der Waals surface area contributed by atoms with E-state index in [-0.39, 0.29) is 23.7 Å². The number of carbonyl (C=O) groups excluding carboxylic acids is 1. The predicted molar refractivity (Wildman–Crippen MR) is 99.0 cm³/mol. The molecule has 2 aromatic carbocycles. The van der Waals surface area contributed by atoms with Crippen LogP contribution in [0.1, 0.15) is 22.3 Å². The van der Waals surface area contributed by atoms with Crippen LogP contribution in [0.3, 0.4) is 0 Å². The second-order valence-electron chi connectivity index (χ2n) is 5.91. The first-order valence-electron chi connectivity index (χ1n) is 8.41. The number of aromatic nitrogens is 3. The zero-order valence-electron chi connectivity index (χ0n) is 14.6. The quantitative estimate of drug-likeness (QED) is 0.437. The summed E-state index contributed by atoms with van der Waals surface area (Å²) < 4.78 is 31.2. The fourth-order valence-electron chi connectivity index (χ4n) is 2.49. The van der Waals surface area contributed by atoms with Gasteiger partial charge in [0.1, 0.15) is 12.7 Å². The summed E-state index contributed by atoms with van der Waals surface area (Å²) in [6, 6.07) is 15.2. The minimum absolute atomic E-state index is 0.0472. The largest absolute Gasteiger partial charge is 0.462 e. The topological polar surface area (TPSA) is 91.2 Å². The summed E-state index contributed by atoms with van der Waals surface area (Å²) in [6.07, 6.45) is 3.32. The van der Waals surface area contributed by atoms with Crippen LogP contribution in [0.25, 0.3) is 0 Å². The Morgan fingerprint density at radius 2 is 1.78 bits per heavy atom. The molecule has 0 unspecified atom stereocenters. The molecular weight excluding hydrogens is 366 g/mol. The fraction of sp³-hybridized carbons (Fsp3) is 0.211. The van der Waals surface area contributed by atoms with E-state index in [0.29, 0.717) is 12.1 Å². The molecule has 27 heavy (non-hydrogen) atoms. The van der Waals surface area contributed by atoms with Crippen molar-refractivity contribution < 1.29 is 17.9 Å². The summed E-state index contributed by atoms with van der Waals surface area (Å²) in [5, 5.41) is 4.03. The third-order valence-corrected chi connectivity index (χ3v) is 5.71. The monoisotopic (exact) mass is 385 g/mol. The minimum atomic E-state index is -3.36. The SMILES string of the molecule is O=C(OCCCS(=O)(=O)c1ccccc1)c1ccc(Cn2cncn2)cc1. The summed E-state index contributed by atoms with van der Waals surface area (Å²) in [7, 11) is -3.36. The number of hydrogen-bond donors (Lipinski definition) is 0. The Balaban J connectivity index is 1.46. The zero-order chi connectivity index (χ0) is 19.1. The van der Waals surface area contributed by atoms with E-state index < -0.39 is 15.8 Å². The number of nitrogens with zero attached hydrogens (tertiary/aromatic N) is 3. The molecule has 3 aromatic rings. The molecule has 0 aliphatic rings. The highest BCUT2D eigenvalue weighted by Crippen LogP contribution is 2.12. The number of ether oxygens (including phenoxy) is 1. The van der Waals surface area contributed by atoms with Gasteiger partial charge in [0.25, 0.3) is 0 Å². The van der Waals surface area contributed by atoms with Crippen molar-refractivity contribution in [2.45, 2.75) is 17.9 Å². The third-order valence-electron chi connectivity index (χ3n) is 3.89. The molecular formula is C19H19N3O4S. The van der Waals surface area contributed by atoms with Crippen molar-refractivity contribution in [3.8, 4) is 0 Å². The summed E-state index contributed by atoms with van der Waals surface area (Å²) in [4.78, 5) is 16.2. The molecule has 0 radical (unpaired) electrons. The molecule has 0 bridgehead atoms. The van der Waals surface area contributed by atoms with E-state index in [1.165, 1.54) is 6.33 Å². The van der Waals surface area contributed by atoms with E-state index in [0.717, 1.165) is 5.56 Å². The first-order valence-corrected chi connectivity index (χ1v) is 10.1. The van der Waals surface area contributed by atoms with Crippen LogP contribution >= 0.6 is 0 Å². The van der Waals surface area contributed by atoms with E-state index in [1.807, 2.05) is 12.1 Å². The molecule has 1 heterocycles. The molecule has 0 N–H and O–H groups in total. The summed E-state index contributed by atoms with van der Waals surface area (Å²) in [5.74, 6) is -0.541. The van der Waals surface area contributed by atoms with Gasteiger partial charge in [0, 0.05) is 0 Å². The molecule has 8 heteroatoms. The van der Waals surface area contributed by atoms with Crippen molar-refractivity contribution >= 4 is 15.8 Å². The van der Waals surface area contributed by atoms with Gasteiger partial charge in [-0.3, -0.25) is 0 Å². The van der Waals surface area contributed by atoms with Crippen LogP contribution in [0.4, 0.5) is 0 Å². The average Bonchev–Trinajstić information content (AvgIpc) is 3.19. The number of hydrogen-bond acceptors (Lipinski definition) is 6. The van der Waals surface area contributed by atoms with Crippen molar-refractivity contribution in [2.75, 3.05) is 12.4 Å². The maximum Gasteiger partial charge on any atom is 0.338 e. The van der Waals surface area contributed by atoms with Gasteiger partial charge in [0.05, 0.1) is 29.4 Å². The van der Waals surface area contributed by atoms with Crippen molar-refractivity contribution in [2.24, 2.45) is 0 Å². The van der Waals surface area contributed by atoms with Gasteiger partial charge in [-0.05, 0) is 36.2 Å². The van der Waals surface area contributed by atoms with Crippen LogP contribution in [0, 0.1) is 0 Å². The highest BCUT2D eigenvalue weighted by Gasteiger charge is 2.14. The number of sulfone groups is 1. The molecule has 0 aliphatic heterocycles. The Morgan fingerprint density at radius 3 is 2.44 bits per heavy atom. The molecule has 140 valence electrons. The van der Waals surface area contributed by atoms with Crippen LogP contribution in [0.5, 0.6) is 0 Å².